The van der Waals surface area contributed by atoms with Crippen molar-refractivity contribution in [1.29, 1.82) is 0 Å². The molecule has 1 atom stereocenters. The van der Waals surface area contributed by atoms with Crippen molar-refractivity contribution in [2.75, 3.05) is 6.61 Å². The normalized spacial score (nSPS) is 12.2. The zero-order valence-electron chi connectivity index (χ0n) is 9.01. The number of hydrogen-bond donors (Lipinski definition) is 0. The maximum Gasteiger partial charge on any atom is 0.366 e. The van der Waals surface area contributed by atoms with Crippen LogP contribution in [0.4, 0.5) is 4.39 Å². The average Bonchev–Trinajstić information content (AvgIpc) is 2.17. The van der Waals surface area contributed by atoms with Gasteiger partial charge in [0, 0.05) is 0 Å². The van der Waals surface area contributed by atoms with Crippen LogP contribution >= 0.6 is 0 Å². The standard InChI is InChI=1S/C11H19FO2/c1-4-6-7-10(5-2)8-14-11(13)9(3)12/h10H,3-8H2,1-2H3. The van der Waals surface area contributed by atoms with Crippen molar-refractivity contribution in [3.05, 3.63) is 12.4 Å². The van der Waals surface area contributed by atoms with Gasteiger partial charge in [0.2, 0.25) is 5.83 Å². The predicted molar refractivity (Wildman–Crippen MR) is 54.5 cm³/mol. The van der Waals surface area contributed by atoms with Gasteiger partial charge in [0.25, 0.3) is 0 Å². The van der Waals surface area contributed by atoms with Gasteiger partial charge in [-0.1, -0.05) is 39.7 Å². The monoisotopic (exact) mass is 202 g/mol. The van der Waals surface area contributed by atoms with Crippen LogP contribution in [0.5, 0.6) is 0 Å². The molecule has 0 fully saturated rings. The van der Waals surface area contributed by atoms with Gasteiger partial charge in [0.1, 0.15) is 0 Å². The van der Waals surface area contributed by atoms with Crippen LogP contribution in [0.2, 0.25) is 0 Å². The molecular weight excluding hydrogens is 183 g/mol. The lowest BCUT2D eigenvalue weighted by Crippen LogP contribution is -2.13. The molecule has 0 spiro atoms. The van der Waals surface area contributed by atoms with E-state index in [0.717, 1.165) is 25.7 Å². The number of carbonyl (C=O) groups excluding carboxylic acids is 1. The van der Waals surface area contributed by atoms with Crippen LogP contribution < -0.4 is 0 Å². The lowest BCUT2D eigenvalue weighted by molar-refractivity contribution is -0.142. The number of carbonyl (C=O) groups is 1. The molecular formula is C11H19FO2. The number of unbranched alkanes of at least 4 members (excludes halogenated alkanes) is 1. The molecule has 0 aromatic carbocycles. The minimum absolute atomic E-state index is 0.304. The fourth-order valence-corrected chi connectivity index (χ4v) is 1.17. The molecule has 0 saturated heterocycles. The fraction of sp³-hybridized carbons (Fsp3) is 0.727. The first-order valence-corrected chi connectivity index (χ1v) is 5.13. The van der Waals surface area contributed by atoms with Gasteiger partial charge >= 0.3 is 5.97 Å². The van der Waals surface area contributed by atoms with Gasteiger partial charge in [0.05, 0.1) is 6.61 Å². The first-order chi connectivity index (χ1) is 6.61. The molecule has 0 bridgehead atoms. The van der Waals surface area contributed by atoms with E-state index in [-0.39, 0.29) is 0 Å². The second-order valence-corrected chi connectivity index (χ2v) is 3.42. The van der Waals surface area contributed by atoms with Gasteiger partial charge in [-0.3, -0.25) is 0 Å². The molecule has 14 heavy (non-hydrogen) atoms. The third-order valence-corrected chi connectivity index (χ3v) is 2.21. The third kappa shape index (κ3) is 5.73. The molecule has 0 aromatic heterocycles. The van der Waals surface area contributed by atoms with Crippen LogP contribution in [0, 0.1) is 5.92 Å². The van der Waals surface area contributed by atoms with Crippen LogP contribution in [-0.4, -0.2) is 12.6 Å². The van der Waals surface area contributed by atoms with Crippen molar-refractivity contribution in [2.45, 2.75) is 39.5 Å². The van der Waals surface area contributed by atoms with Crippen molar-refractivity contribution in [1.82, 2.24) is 0 Å². The van der Waals surface area contributed by atoms with Gasteiger partial charge in [-0.25, -0.2) is 4.79 Å². The smallest absolute Gasteiger partial charge is 0.366 e. The predicted octanol–water partition coefficient (Wildman–Crippen LogP) is 3.23. The Morgan fingerprint density at radius 3 is 2.57 bits per heavy atom. The zero-order valence-corrected chi connectivity index (χ0v) is 9.01. The lowest BCUT2D eigenvalue weighted by Gasteiger charge is -2.13. The van der Waals surface area contributed by atoms with Crippen LogP contribution in [0.15, 0.2) is 12.4 Å². The average molecular weight is 202 g/mol. The van der Waals surface area contributed by atoms with Gasteiger partial charge in [-0.2, -0.15) is 4.39 Å². The maximum absolute atomic E-state index is 12.2. The number of halogens is 1. The van der Waals surface area contributed by atoms with E-state index in [0.29, 0.717) is 12.5 Å². The number of esters is 1. The molecule has 0 saturated carbocycles. The van der Waals surface area contributed by atoms with E-state index < -0.39 is 11.8 Å². The minimum Gasteiger partial charge on any atom is -0.460 e. The van der Waals surface area contributed by atoms with Gasteiger partial charge in [-0.05, 0) is 12.3 Å². The summed E-state index contributed by atoms with van der Waals surface area (Å²) >= 11 is 0. The van der Waals surface area contributed by atoms with Crippen molar-refractivity contribution in [3.8, 4) is 0 Å². The Morgan fingerprint density at radius 2 is 2.14 bits per heavy atom. The Balaban J connectivity index is 3.71. The molecule has 0 aliphatic carbocycles. The fourth-order valence-electron chi connectivity index (χ4n) is 1.17. The molecule has 1 unspecified atom stereocenters. The Labute approximate surface area is 85.1 Å². The van der Waals surface area contributed by atoms with E-state index >= 15 is 0 Å². The van der Waals surface area contributed by atoms with Gasteiger partial charge in [0.15, 0.2) is 0 Å². The molecule has 0 radical (unpaired) electrons. The second-order valence-electron chi connectivity index (χ2n) is 3.42. The van der Waals surface area contributed by atoms with E-state index in [1.165, 1.54) is 0 Å². The quantitative estimate of drug-likeness (QED) is 0.468. The van der Waals surface area contributed by atoms with E-state index in [1.54, 1.807) is 0 Å². The summed E-state index contributed by atoms with van der Waals surface area (Å²) in [6.07, 6.45) is 4.22. The highest BCUT2D eigenvalue weighted by molar-refractivity contribution is 5.85. The summed E-state index contributed by atoms with van der Waals surface area (Å²) in [6, 6.07) is 0. The van der Waals surface area contributed by atoms with Gasteiger partial charge < -0.3 is 4.74 Å². The van der Waals surface area contributed by atoms with Crippen LogP contribution in [0.3, 0.4) is 0 Å². The molecule has 0 heterocycles. The molecule has 0 amide bonds. The maximum atomic E-state index is 12.2. The van der Waals surface area contributed by atoms with Gasteiger partial charge in [-0.15, -0.1) is 0 Å². The van der Waals surface area contributed by atoms with E-state index in [2.05, 4.69) is 13.5 Å². The van der Waals surface area contributed by atoms with Crippen molar-refractivity contribution >= 4 is 5.97 Å². The van der Waals surface area contributed by atoms with Crippen LogP contribution in [-0.2, 0) is 9.53 Å². The number of ether oxygens (including phenoxy) is 1. The number of rotatable bonds is 7. The van der Waals surface area contributed by atoms with Crippen molar-refractivity contribution in [2.24, 2.45) is 5.92 Å². The van der Waals surface area contributed by atoms with Crippen molar-refractivity contribution < 1.29 is 13.9 Å². The lowest BCUT2D eigenvalue weighted by atomic mass is 10.0. The summed E-state index contributed by atoms with van der Waals surface area (Å²) in [5, 5.41) is 0. The summed E-state index contributed by atoms with van der Waals surface area (Å²) in [4.78, 5) is 10.7. The SMILES string of the molecule is C=C(F)C(=O)OCC(CC)CCCC. The highest BCUT2D eigenvalue weighted by Gasteiger charge is 2.11. The summed E-state index contributed by atoms with van der Waals surface area (Å²) in [6.45, 7) is 7.34. The van der Waals surface area contributed by atoms with Crippen LogP contribution in [0.25, 0.3) is 0 Å². The Morgan fingerprint density at radius 1 is 1.50 bits per heavy atom. The molecule has 3 heteroatoms. The number of hydrogen-bond acceptors (Lipinski definition) is 2. The molecule has 0 rings (SSSR count). The minimum atomic E-state index is -1.02. The summed E-state index contributed by atoms with van der Waals surface area (Å²) in [5.41, 5.74) is 0. The molecule has 2 nitrogen and oxygen atoms in total. The van der Waals surface area contributed by atoms with Crippen LogP contribution in [0.1, 0.15) is 39.5 Å². The summed E-state index contributed by atoms with van der Waals surface area (Å²) in [7, 11) is 0. The van der Waals surface area contributed by atoms with Crippen molar-refractivity contribution in [3.63, 3.8) is 0 Å². The first-order valence-electron chi connectivity index (χ1n) is 5.13. The summed E-state index contributed by atoms with van der Waals surface area (Å²) in [5.74, 6) is -1.60. The Hall–Kier alpha value is -0.860. The molecule has 82 valence electrons. The highest BCUT2D eigenvalue weighted by Crippen LogP contribution is 2.13. The molecule has 0 aliphatic rings. The first kappa shape index (κ1) is 13.1. The van der Waals surface area contributed by atoms with E-state index in [4.69, 9.17) is 4.74 Å². The molecule has 0 aliphatic heterocycles. The Bertz CT molecular complexity index is 190. The summed E-state index contributed by atoms with van der Waals surface area (Å²) < 4.78 is 17.0. The largest absolute Gasteiger partial charge is 0.460 e. The van der Waals surface area contributed by atoms with E-state index in [9.17, 15) is 9.18 Å². The third-order valence-electron chi connectivity index (χ3n) is 2.21. The topological polar surface area (TPSA) is 26.3 Å². The highest BCUT2D eigenvalue weighted by atomic mass is 19.1. The Kier molecular flexibility index (Phi) is 7.07. The second kappa shape index (κ2) is 7.54. The molecule has 0 aromatic rings. The van der Waals surface area contributed by atoms with E-state index in [1.807, 2.05) is 6.92 Å². The zero-order chi connectivity index (χ0) is 11.0. The molecule has 0 N–H and O–H groups in total.